The van der Waals surface area contributed by atoms with Gasteiger partial charge in [-0.25, -0.2) is 10.3 Å². The summed E-state index contributed by atoms with van der Waals surface area (Å²) in [6.45, 7) is 0.112. The van der Waals surface area contributed by atoms with Crippen molar-refractivity contribution >= 4 is 11.6 Å². The van der Waals surface area contributed by atoms with Crippen molar-refractivity contribution in [2.24, 2.45) is 5.90 Å². The molecule has 5 heteroatoms. The van der Waals surface area contributed by atoms with Crippen LogP contribution in [-0.2, 0) is 11.4 Å². The summed E-state index contributed by atoms with van der Waals surface area (Å²) in [6.07, 6.45) is 0. The molecule has 1 rings (SSSR count). The van der Waals surface area contributed by atoms with Gasteiger partial charge in [0.2, 0.25) is 0 Å². The predicted molar refractivity (Wildman–Crippen MR) is 46.9 cm³/mol. The van der Waals surface area contributed by atoms with Gasteiger partial charge in [0.25, 0.3) is 0 Å². The van der Waals surface area contributed by atoms with Crippen molar-refractivity contribution in [1.29, 1.82) is 0 Å². The third-order valence-corrected chi connectivity index (χ3v) is 1.79. The molecule has 0 saturated carbocycles. The van der Waals surface area contributed by atoms with E-state index in [1.165, 1.54) is 19.2 Å². The van der Waals surface area contributed by atoms with Crippen LogP contribution in [0.5, 0.6) is 5.75 Å². The molecular formula is C8H9ClFNO2. The van der Waals surface area contributed by atoms with E-state index in [4.69, 9.17) is 22.2 Å². The Morgan fingerprint density at radius 3 is 2.69 bits per heavy atom. The Hall–Kier alpha value is -0.840. The predicted octanol–water partition coefficient (Wildman–Crippen LogP) is 1.88. The Kier molecular flexibility index (Phi) is 3.48. The zero-order chi connectivity index (χ0) is 9.84. The zero-order valence-corrected chi connectivity index (χ0v) is 7.77. The van der Waals surface area contributed by atoms with Crippen molar-refractivity contribution in [1.82, 2.24) is 0 Å². The molecule has 0 bridgehead atoms. The molecule has 1 aromatic carbocycles. The van der Waals surface area contributed by atoms with Gasteiger partial charge >= 0.3 is 0 Å². The molecule has 0 fully saturated rings. The average molecular weight is 206 g/mol. The molecule has 72 valence electrons. The van der Waals surface area contributed by atoms with E-state index in [-0.39, 0.29) is 17.4 Å². The molecule has 1 aromatic rings. The lowest BCUT2D eigenvalue weighted by molar-refractivity contribution is 0.124. The molecule has 0 aromatic heterocycles. The number of rotatable bonds is 3. The van der Waals surface area contributed by atoms with E-state index in [0.717, 1.165) is 0 Å². The monoisotopic (exact) mass is 205 g/mol. The lowest BCUT2D eigenvalue weighted by Gasteiger charge is -2.06. The second kappa shape index (κ2) is 4.41. The summed E-state index contributed by atoms with van der Waals surface area (Å²) < 4.78 is 17.9. The summed E-state index contributed by atoms with van der Waals surface area (Å²) >= 11 is 5.71. The minimum Gasteiger partial charge on any atom is -0.492 e. The summed E-state index contributed by atoms with van der Waals surface area (Å²) in [5.41, 5.74) is 0.561. The van der Waals surface area contributed by atoms with Crippen LogP contribution in [0.15, 0.2) is 12.1 Å². The highest BCUT2D eigenvalue weighted by Crippen LogP contribution is 2.28. The fourth-order valence-electron chi connectivity index (χ4n) is 0.987. The lowest BCUT2D eigenvalue weighted by atomic mass is 10.2. The first-order valence-electron chi connectivity index (χ1n) is 3.52. The van der Waals surface area contributed by atoms with E-state index < -0.39 is 5.82 Å². The number of hydrogen-bond acceptors (Lipinski definition) is 3. The van der Waals surface area contributed by atoms with E-state index >= 15 is 0 Å². The van der Waals surface area contributed by atoms with Gasteiger partial charge < -0.3 is 4.74 Å². The van der Waals surface area contributed by atoms with E-state index in [1.807, 2.05) is 0 Å². The van der Waals surface area contributed by atoms with Gasteiger partial charge in [-0.2, -0.15) is 0 Å². The fraction of sp³-hybridized carbons (Fsp3) is 0.250. The van der Waals surface area contributed by atoms with Gasteiger partial charge in [-0.3, -0.25) is 4.84 Å². The molecule has 2 N–H and O–H groups in total. The minimum atomic E-state index is -0.526. The highest BCUT2D eigenvalue weighted by atomic mass is 35.5. The molecule has 0 atom stereocenters. The molecule has 0 aliphatic heterocycles. The molecular weight excluding hydrogens is 197 g/mol. The maximum atomic E-state index is 13.1. The van der Waals surface area contributed by atoms with Gasteiger partial charge in [0, 0.05) is 0 Å². The SMILES string of the molecule is COc1c(F)cc(CON)cc1Cl. The second-order valence-electron chi connectivity index (χ2n) is 2.40. The van der Waals surface area contributed by atoms with Gasteiger partial charge in [0.05, 0.1) is 18.7 Å². The maximum Gasteiger partial charge on any atom is 0.173 e. The van der Waals surface area contributed by atoms with Crippen molar-refractivity contribution in [3.8, 4) is 5.75 Å². The van der Waals surface area contributed by atoms with E-state index in [2.05, 4.69) is 4.84 Å². The van der Waals surface area contributed by atoms with Crippen LogP contribution in [0, 0.1) is 5.82 Å². The summed E-state index contributed by atoms with van der Waals surface area (Å²) in [5.74, 6) is 4.34. The molecule has 0 radical (unpaired) electrons. The molecule has 0 aliphatic rings. The third-order valence-electron chi connectivity index (χ3n) is 1.51. The Morgan fingerprint density at radius 1 is 1.54 bits per heavy atom. The molecule has 13 heavy (non-hydrogen) atoms. The number of benzene rings is 1. The fourth-order valence-corrected chi connectivity index (χ4v) is 1.29. The van der Waals surface area contributed by atoms with Crippen LogP contribution in [0.3, 0.4) is 0 Å². The zero-order valence-electron chi connectivity index (χ0n) is 7.01. The molecule has 0 spiro atoms. The van der Waals surface area contributed by atoms with Crippen LogP contribution in [-0.4, -0.2) is 7.11 Å². The van der Waals surface area contributed by atoms with Crippen molar-refractivity contribution in [3.63, 3.8) is 0 Å². The average Bonchev–Trinajstić information content (AvgIpc) is 2.04. The van der Waals surface area contributed by atoms with Crippen LogP contribution in [0.4, 0.5) is 4.39 Å². The number of nitrogens with two attached hydrogens (primary N) is 1. The van der Waals surface area contributed by atoms with E-state index in [9.17, 15) is 4.39 Å². The Morgan fingerprint density at radius 2 is 2.23 bits per heavy atom. The standard InChI is InChI=1S/C8H9ClFNO2/c1-12-8-6(9)2-5(4-13-11)3-7(8)10/h2-3H,4,11H2,1H3. The van der Waals surface area contributed by atoms with E-state index in [1.54, 1.807) is 0 Å². The largest absolute Gasteiger partial charge is 0.492 e. The summed E-state index contributed by atoms with van der Waals surface area (Å²) in [4.78, 5) is 4.35. The normalized spacial score (nSPS) is 10.2. The number of methoxy groups -OCH3 is 1. The highest BCUT2D eigenvalue weighted by molar-refractivity contribution is 6.32. The first kappa shape index (κ1) is 10.2. The van der Waals surface area contributed by atoms with Gasteiger partial charge in [0.1, 0.15) is 0 Å². The summed E-state index contributed by atoms with van der Waals surface area (Å²) in [7, 11) is 1.35. The summed E-state index contributed by atoms with van der Waals surface area (Å²) in [6, 6.07) is 2.80. The smallest absolute Gasteiger partial charge is 0.173 e. The first-order chi connectivity index (χ1) is 6.19. The maximum absolute atomic E-state index is 13.1. The molecule has 0 aliphatic carbocycles. The molecule has 0 saturated heterocycles. The number of ether oxygens (including phenoxy) is 1. The summed E-state index contributed by atoms with van der Waals surface area (Å²) in [5, 5.41) is 0.203. The first-order valence-corrected chi connectivity index (χ1v) is 3.90. The Balaban J connectivity index is 3.05. The third kappa shape index (κ3) is 2.30. The van der Waals surface area contributed by atoms with Gasteiger partial charge in [-0.15, -0.1) is 0 Å². The quantitative estimate of drug-likeness (QED) is 0.767. The van der Waals surface area contributed by atoms with Gasteiger partial charge in [0.15, 0.2) is 11.6 Å². The van der Waals surface area contributed by atoms with Gasteiger partial charge in [-0.05, 0) is 17.7 Å². The second-order valence-corrected chi connectivity index (χ2v) is 2.81. The topological polar surface area (TPSA) is 44.5 Å². The van der Waals surface area contributed by atoms with Crippen molar-refractivity contribution in [2.45, 2.75) is 6.61 Å². The lowest BCUT2D eigenvalue weighted by Crippen LogP contribution is -2.00. The Labute approximate surface area is 80.2 Å². The van der Waals surface area contributed by atoms with Crippen LogP contribution >= 0.6 is 11.6 Å². The van der Waals surface area contributed by atoms with Crippen LogP contribution < -0.4 is 10.6 Å². The van der Waals surface area contributed by atoms with Crippen molar-refractivity contribution in [3.05, 3.63) is 28.5 Å². The van der Waals surface area contributed by atoms with Crippen LogP contribution in [0.25, 0.3) is 0 Å². The number of hydrogen-bond donors (Lipinski definition) is 1. The molecule has 0 amide bonds. The van der Waals surface area contributed by atoms with E-state index in [0.29, 0.717) is 5.56 Å². The Bertz CT molecular complexity index is 283. The minimum absolute atomic E-state index is 0.0300. The number of halogens is 2. The molecule has 3 nitrogen and oxygen atoms in total. The van der Waals surface area contributed by atoms with Crippen molar-refractivity contribution in [2.75, 3.05) is 7.11 Å². The van der Waals surface area contributed by atoms with Crippen LogP contribution in [0.2, 0.25) is 5.02 Å². The molecule has 0 unspecified atom stereocenters. The van der Waals surface area contributed by atoms with Crippen LogP contribution in [0.1, 0.15) is 5.56 Å². The van der Waals surface area contributed by atoms with Gasteiger partial charge in [-0.1, -0.05) is 11.6 Å². The highest BCUT2D eigenvalue weighted by Gasteiger charge is 2.09. The molecule has 0 heterocycles. The van der Waals surface area contributed by atoms with Crippen molar-refractivity contribution < 1.29 is 14.0 Å².